The summed E-state index contributed by atoms with van der Waals surface area (Å²) in [6.45, 7) is 3.19. The molecule has 1 heterocycles. The van der Waals surface area contributed by atoms with Crippen molar-refractivity contribution in [1.82, 2.24) is 0 Å². The topological polar surface area (TPSA) is 31.6 Å². The highest BCUT2D eigenvalue weighted by molar-refractivity contribution is 6.60. The second-order valence-electron chi connectivity index (χ2n) is 4.95. The lowest BCUT2D eigenvalue weighted by Crippen LogP contribution is -2.44. The van der Waals surface area contributed by atoms with E-state index in [0.717, 1.165) is 25.4 Å². The first-order valence-corrected chi connectivity index (χ1v) is 9.26. The molecule has 0 radical (unpaired) electrons. The van der Waals surface area contributed by atoms with Crippen LogP contribution in [0.4, 0.5) is 0 Å². The van der Waals surface area contributed by atoms with E-state index in [1.54, 1.807) is 21.3 Å². The van der Waals surface area contributed by atoms with Crippen LogP contribution in [0.2, 0.25) is 6.04 Å². The van der Waals surface area contributed by atoms with Crippen molar-refractivity contribution in [1.29, 1.82) is 0 Å². The van der Waals surface area contributed by atoms with E-state index in [1.165, 1.54) is 18.4 Å². The van der Waals surface area contributed by atoms with Crippen molar-refractivity contribution in [3.05, 3.63) is 30.1 Å². The normalized spacial score (nSPS) is 11.8. The molecule has 0 unspecified atom stereocenters. The summed E-state index contributed by atoms with van der Waals surface area (Å²) in [5, 5.41) is 0. The van der Waals surface area contributed by atoms with E-state index >= 15 is 0 Å². The van der Waals surface area contributed by atoms with Crippen LogP contribution in [0.25, 0.3) is 0 Å². The quantitative estimate of drug-likeness (QED) is 0.491. The maximum Gasteiger partial charge on any atom is 0.500 e. The second kappa shape index (κ2) is 9.23. The monoisotopic (exact) mass is 298 g/mol. The van der Waals surface area contributed by atoms with Crippen LogP contribution in [-0.2, 0) is 26.2 Å². The molecular weight excluding hydrogens is 270 g/mol. The van der Waals surface area contributed by atoms with Gasteiger partial charge in [-0.15, -0.1) is 0 Å². The van der Waals surface area contributed by atoms with Gasteiger partial charge in [0, 0.05) is 45.4 Å². The van der Waals surface area contributed by atoms with Gasteiger partial charge in [-0.05, 0) is 18.9 Å². The minimum absolute atomic E-state index is 0.836. The van der Waals surface area contributed by atoms with E-state index < -0.39 is 8.80 Å². The highest BCUT2D eigenvalue weighted by atomic mass is 28.4. The standard InChI is InChI=1S/C15H28NO3Si/c1-5-6-9-15-10-7-11-16(14-15)12-8-13-20(17-2,18-3)19-4/h7,10-11,14H,5-6,8-9,12-13H2,1-4H3/q+1. The molecule has 0 fully saturated rings. The predicted octanol–water partition coefficient (Wildman–Crippen LogP) is 2.58. The molecule has 0 bridgehead atoms. The molecule has 20 heavy (non-hydrogen) atoms. The SMILES string of the molecule is CCCCc1ccc[n+](CCC[Si](OC)(OC)OC)c1. The minimum atomic E-state index is -2.42. The van der Waals surface area contributed by atoms with E-state index in [2.05, 4.69) is 36.0 Å². The zero-order valence-electron chi connectivity index (χ0n) is 13.2. The van der Waals surface area contributed by atoms with Crippen molar-refractivity contribution in [3.8, 4) is 0 Å². The predicted molar refractivity (Wildman–Crippen MR) is 81.5 cm³/mol. The smallest absolute Gasteiger partial charge is 0.377 e. The van der Waals surface area contributed by atoms with Crippen LogP contribution in [-0.4, -0.2) is 30.1 Å². The molecule has 0 aliphatic carbocycles. The van der Waals surface area contributed by atoms with Crippen molar-refractivity contribution in [3.63, 3.8) is 0 Å². The van der Waals surface area contributed by atoms with E-state index in [1.807, 2.05) is 0 Å². The lowest BCUT2D eigenvalue weighted by molar-refractivity contribution is -0.697. The Morgan fingerprint density at radius 3 is 2.40 bits per heavy atom. The van der Waals surface area contributed by atoms with Crippen LogP contribution in [0.5, 0.6) is 0 Å². The first-order valence-electron chi connectivity index (χ1n) is 7.33. The maximum atomic E-state index is 5.44. The van der Waals surface area contributed by atoms with E-state index in [-0.39, 0.29) is 0 Å². The lowest BCUT2D eigenvalue weighted by Gasteiger charge is -2.23. The first kappa shape index (κ1) is 17.3. The van der Waals surface area contributed by atoms with Crippen LogP contribution in [0.3, 0.4) is 0 Å². The van der Waals surface area contributed by atoms with Crippen molar-refractivity contribution in [2.45, 2.75) is 45.2 Å². The van der Waals surface area contributed by atoms with Gasteiger partial charge in [-0.25, -0.2) is 4.57 Å². The van der Waals surface area contributed by atoms with E-state index in [0.29, 0.717) is 0 Å². The van der Waals surface area contributed by atoms with Crippen molar-refractivity contribution in [2.24, 2.45) is 0 Å². The van der Waals surface area contributed by atoms with Gasteiger partial charge in [0.1, 0.15) is 6.54 Å². The van der Waals surface area contributed by atoms with Crippen LogP contribution in [0.1, 0.15) is 31.7 Å². The van der Waals surface area contributed by atoms with Crippen LogP contribution >= 0.6 is 0 Å². The Kier molecular flexibility index (Phi) is 7.99. The van der Waals surface area contributed by atoms with Gasteiger partial charge in [-0.1, -0.05) is 13.3 Å². The highest BCUT2D eigenvalue weighted by Crippen LogP contribution is 2.14. The molecule has 0 aliphatic rings. The third-order valence-corrected chi connectivity index (χ3v) is 6.40. The van der Waals surface area contributed by atoms with Gasteiger partial charge in [0.25, 0.3) is 0 Å². The van der Waals surface area contributed by atoms with E-state index in [4.69, 9.17) is 13.3 Å². The van der Waals surface area contributed by atoms with E-state index in [9.17, 15) is 0 Å². The summed E-state index contributed by atoms with van der Waals surface area (Å²) in [6.07, 6.45) is 8.99. The molecule has 0 aliphatic heterocycles. The molecule has 0 atom stereocenters. The lowest BCUT2D eigenvalue weighted by atomic mass is 10.1. The zero-order chi connectivity index (χ0) is 14.8. The molecule has 0 saturated carbocycles. The zero-order valence-corrected chi connectivity index (χ0v) is 14.2. The Morgan fingerprint density at radius 1 is 1.10 bits per heavy atom. The summed E-state index contributed by atoms with van der Waals surface area (Å²) < 4.78 is 18.5. The molecular formula is C15H28NO3Si+. The Morgan fingerprint density at radius 2 is 1.80 bits per heavy atom. The third kappa shape index (κ3) is 5.32. The van der Waals surface area contributed by atoms with Gasteiger partial charge in [0.15, 0.2) is 12.4 Å². The molecule has 114 valence electrons. The van der Waals surface area contributed by atoms with Crippen LogP contribution in [0.15, 0.2) is 24.5 Å². The largest absolute Gasteiger partial charge is 0.500 e. The van der Waals surface area contributed by atoms with Gasteiger partial charge in [0.2, 0.25) is 0 Å². The number of rotatable bonds is 10. The number of hydrogen-bond acceptors (Lipinski definition) is 3. The molecule has 1 aromatic rings. The third-order valence-electron chi connectivity index (χ3n) is 3.57. The highest BCUT2D eigenvalue weighted by Gasteiger charge is 2.37. The second-order valence-corrected chi connectivity index (χ2v) is 8.04. The minimum Gasteiger partial charge on any atom is -0.377 e. The van der Waals surface area contributed by atoms with Crippen LogP contribution < -0.4 is 4.57 Å². The molecule has 0 spiro atoms. The summed E-state index contributed by atoms with van der Waals surface area (Å²) in [6, 6.07) is 5.16. The number of pyridine rings is 1. The molecule has 0 amide bonds. The fraction of sp³-hybridized carbons (Fsp3) is 0.667. The number of unbranched alkanes of at least 4 members (excludes halogenated alkanes) is 1. The molecule has 0 saturated heterocycles. The Balaban J connectivity index is 2.49. The van der Waals surface area contributed by atoms with Gasteiger partial charge in [-0.2, -0.15) is 0 Å². The summed E-state index contributed by atoms with van der Waals surface area (Å²) >= 11 is 0. The molecule has 0 N–H and O–H groups in total. The van der Waals surface area contributed by atoms with Crippen molar-refractivity contribution < 1.29 is 17.8 Å². The molecule has 5 heteroatoms. The Hall–Kier alpha value is -0.753. The number of hydrogen-bond donors (Lipinski definition) is 0. The summed E-state index contributed by atoms with van der Waals surface area (Å²) in [7, 11) is 2.57. The van der Waals surface area contributed by atoms with Gasteiger partial charge in [-0.3, -0.25) is 0 Å². The fourth-order valence-corrected chi connectivity index (χ4v) is 3.98. The maximum absolute atomic E-state index is 5.44. The average molecular weight is 298 g/mol. The van der Waals surface area contributed by atoms with Gasteiger partial charge < -0.3 is 13.3 Å². The Bertz CT molecular complexity index is 375. The fourth-order valence-electron chi connectivity index (χ4n) is 2.28. The van der Waals surface area contributed by atoms with Crippen LogP contribution in [0, 0.1) is 0 Å². The molecule has 4 nitrogen and oxygen atoms in total. The first-order chi connectivity index (χ1) is 9.69. The van der Waals surface area contributed by atoms with Gasteiger partial charge >= 0.3 is 8.80 Å². The number of nitrogens with zero attached hydrogens (tertiary/aromatic N) is 1. The number of aryl methyl sites for hydroxylation is 2. The Labute approximate surface area is 124 Å². The molecule has 1 aromatic heterocycles. The van der Waals surface area contributed by atoms with Crippen molar-refractivity contribution in [2.75, 3.05) is 21.3 Å². The summed E-state index contributed by atoms with van der Waals surface area (Å²) in [4.78, 5) is 0. The summed E-state index contributed by atoms with van der Waals surface area (Å²) in [5.74, 6) is 0. The molecule has 0 aromatic carbocycles. The average Bonchev–Trinajstić information content (AvgIpc) is 2.50. The van der Waals surface area contributed by atoms with Crippen molar-refractivity contribution >= 4 is 8.80 Å². The number of aromatic nitrogens is 1. The molecule has 1 rings (SSSR count). The van der Waals surface area contributed by atoms with Gasteiger partial charge in [0.05, 0.1) is 0 Å². The summed E-state index contributed by atoms with van der Waals surface area (Å²) in [5.41, 5.74) is 1.41.